The lowest BCUT2D eigenvalue weighted by molar-refractivity contribution is 0.579. The zero-order chi connectivity index (χ0) is 16.5. The first-order valence-corrected chi connectivity index (χ1v) is 8.65. The predicted octanol–water partition coefficient (Wildman–Crippen LogP) is 1.87. The van der Waals surface area contributed by atoms with Crippen LogP contribution in [-0.4, -0.2) is 30.1 Å². The SMILES string of the molecule is Cc1c(C)c(C)c(S(=O)(=O)NCCc2ncn[nH]2)c(C)c1C. The molecule has 2 N–H and O–H groups in total. The number of benzene rings is 1. The van der Waals surface area contributed by atoms with Gasteiger partial charge in [-0.25, -0.2) is 18.1 Å². The lowest BCUT2D eigenvalue weighted by atomic mass is 9.95. The van der Waals surface area contributed by atoms with Crippen LogP contribution in [0.1, 0.15) is 33.6 Å². The lowest BCUT2D eigenvalue weighted by Crippen LogP contribution is -2.28. The summed E-state index contributed by atoms with van der Waals surface area (Å²) in [5, 5.41) is 6.46. The molecule has 0 saturated heterocycles. The third-order valence-corrected chi connectivity index (χ3v) is 6.05. The van der Waals surface area contributed by atoms with Crippen LogP contribution in [0.4, 0.5) is 0 Å². The Bertz CT molecular complexity index is 751. The van der Waals surface area contributed by atoms with Crippen molar-refractivity contribution in [2.75, 3.05) is 6.54 Å². The van der Waals surface area contributed by atoms with Crippen LogP contribution in [0.25, 0.3) is 0 Å². The van der Waals surface area contributed by atoms with Crippen LogP contribution >= 0.6 is 0 Å². The number of sulfonamides is 1. The minimum atomic E-state index is -3.55. The number of aromatic nitrogens is 3. The monoisotopic (exact) mass is 322 g/mol. The highest BCUT2D eigenvalue weighted by Gasteiger charge is 2.23. The van der Waals surface area contributed by atoms with Crippen molar-refractivity contribution in [3.05, 3.63) is 40.0 Å². The number of aromatic amines is 1. The topological polar surface area (TPSA) is 87.7 Å². The molecule has 0 atom stereocenters. The predicted molar refractivity (Wildman–Crippen MR) is 85.4 cm³/mol. The normalized spacial score (nSPS) is 11.9. The average molecular weight is 322 g/mol. The van der Waals surface area contributed by atoms with E-state index in [0.29, 0.717) is 17.1 Å². The summed E-state index contributed by atoms with van der Waals surface area (Å²) in [5.41, 5.74) is 4.83. The quantitative estimate of drug-likeness (QED) is 0.879. The molecule has 0 aliphatic heterocycles. The summed E-state index contributed by atoms with van der Waals surface area (Å²) in [6, 6.07) is 0. The molecule has 7 heteroatoms. The van der Waals surface area contributed by atoms with E-state index in [9.17, 15) is 8.42 Å². The van der Waals surface area contributed by atoms with Crippen molar-refractivity contribution in [3.8, 4) is 0 Å². The van der Waals surface area contributed by atoms with E-state index in [0.717, 1.165) is 27.8 Å². The molecule has 1 aromatic carbocycles. The maximum Gasteiger partial charge on any atom is 0.241 e. The number of nitrogens with zero attached hydrogens (tertiary/aromatic N) is 2. The Hall–Kier alpha value is -1.73. The van der Waals surface area contributed by atoms with Crippen LogP contribution in [0.15, 0.2) is 11.2 Å². The molecule has 0 amide bonds. The van der Waals surface area contributed by atoms with Gasteiger partial charge >= 0.3 is 0 Å². The van der Waals surface area contributed by atoms with Crippen LogP contribution in [-0.2, 0) is 16.4 Å². The van der Waals surface area contributed by atoms with E-state index in [4.69, 9.17) is 0 Å². The molecule has 0 fully saturated rings. The van der Waals surface area contributed by atoms with Crippen molar-refractivity contribution in [2.45, 2.75) is 45.9 Å². The van der Waals surface area contributed by atoms with Gasteiger partial charge in [-0.1, -0.05) is 0 Å². The van der Waals surface area contributed by atoms with E-state index in [-0.39, 0.29) is 6.54 Å². The van der Waals surface area contributed by atoms with Gasteiger partial charge in [0.2, 0.25) is 10.0 Å². The van der Waals surface area contributed by atoms with E-state index in [1.165, 1.54) is 6.33 Å². The number of hydrogen-bond acceptors (Lipinski definition) is 4. The highest BCUT2D eigenvalue weighted by Crippen LogP contribution is 2.29. The maximum absolute atomic E-state index is 12.7. The Balaban J connectivity index is 2.30. The second kappa shape index (κ2) is 6.18. The van der Waals surface area contributed by atoms with Crippen molar-refractivity contribution in [2.24, 2.45) is 0 Å². The van der Waals surface area contributed by atoms with Gasteiger partial charge in [0.1, 0.15) is 12.2 Å². The minimum absolute atomic E-state index is 0.280. The summed E-state index contributed by atoms with van der Waals surface area (Å²) in [6.45, 7) is 9.95. The highest BCUT2D eigenvalue weighted by atomic mass is 32.2. The van der Waals surface area contributed by atoms with E-state index in [1.54, 1.807) is 0 Å². The minimum Gasteiger partial charge on any atom is -0.263 e. The average Bonchev–Trinajstić information content (AvgIpc) is 2.96. The summed E-state index contributed by atoms with van der Waals surface area (Å²) in [6.07, 6.45) is 1.88. The Morgan fingerprint density at radius 3 is 2.05 bits per heavy atom. The molecule has 0 radical (unpaired) electrons. The van der Waals surface area contributed by atoms with Crippen molar-refractivity contribution in [1.29, 1.82) is 0 Å². The molecule has 0 saturated carbocycles. The van der Waals surface area contributed by atoms with Crippen LogP contribution < -0.4 is 4.72 Å². The fourth-order valence-corrected chi connectivity index (χ4v) is 4.22. The first-order valence-electron chi connectivity index (χ1n) is 7.16. The molecule has 1 aromatic heterocycles. The molecule has 0 bridgehead atoms. The van der Waals surface area contributed by atoms with Crippen LogP contribution in [0.3, 0.4) is 0 Å². The molecule has 1 heterocycles. The van der Waals surface area contributed by atoms with Gasteiger partial charge in [0.05, 0.1) is 4.90 Å². The van der Waals surface area contributed by atoms with Crippen LogP contribution in [0.5, 0.6) is 0 Å². The highest BCUT2D eigenvalue weighted by molar-refractivity contribution is 7.89. The zero-order valence-corrected chi connectivity index (χ0v) is 14.4. The van der Waals surface area contributed by atoms with Crippen LogP contribution in [0, 0.1) is 34.6 Å². The second-order valence-corrected chi connectivity index (χ2v) is 7.24. The van der Waals surface area contributed by atoms with E-state index >= 15 is 0 Å². The summed E-state index contributed by atoms with van der Waals surface area (Å²) in [7, 11) is -3.55. The van der Waals surface area contributed by atoms with Gasteiger partial charge in [-0.3, -0.25) is 5.10 Å². The molecule has 0 spiro atoms. The summed E-state index contributed by atoms with van der Waals surface area (Å²) < 4.78 is 28.0. The zero-order valence-electron chi connectivity index (χ0n) is 13.6. The Labute approximate surface area is 131 Å². The molecular formula is C15H22N4O2S. The lowest BCUT2D eigenvalue weighted by Gasteiger charge is -2.18. The van der Waals surface area contributed by atoms with Crippen molar-refractivity contribution in [3.63, 3.8) is 0 Å². The molecule has 6 nitrogen and oxygen atoms in total. The third kappa shape index (κ3) is 3.05. The molecule has 2 aromatic rings. The Kier molecular flexibility index (Phi) is 4.67. The van der Waals surface area contributed by atoms with Gasteiger partial charge < -0.3 is 0 Å². The fraction of sp³-hybridized carbons (Fsp3) is 0.467. The van der Waals surface area contributed by atoms with Gasteiger partial charge in [0.25, 0.3) is 0 Å². The largest absolute Gasteiger partial charge is 0.263 e. The first-order chi connectivity index (χ1) is 10.3. The van der Waals surface area contributed by atoms with Gasteiger partial charge in [-0.15, -0.1) is 0 Å². The Morgan fingerprint density at radius 2 is 1.55 bits per heavy atom. The molecule has 2 rings (SSSR count). The molecule has 0 aliphatic rings. The number of H-pyrrole nitrogens is 1. The van der Waals surface area contributed by atoms with Gasteiger partial charge in [-0.05, 0) is 62.4 Å². The van der Waals surface area contributed by atoms with E-state index in [2.05, 4.69) is 19.9 Å². The second-order valence-electron chi connectivity index (χ2n) is 5.53. The van der Waals surface area contributed by atoms with Gasteiger partial charge in [0, 0.05) is 13.0 Å². The maximum atomic E-state index is 12.7. The number of nitrogens with one attached hydrogen (secondary N) is 2. The van der Waals surface area contributed by atoms with Gasteiger partial charge in [0.15, 0.2) is 0 Å². The molecule has 0 aliphatic carbocycles. The van der Waals surface area contributed by atoms with Crippen LogP contribution in [0.2, 0.25) is 0 Å². The summed E-state index contributed by atoms with van der Waals surface area (Å²) >= 11 is 0. The third-order valence-electron chi connectivity index (χ3n) is 4.32. The smallest absolute Gasteiger partial charge is 0.241 e. The molecule has 0 unspecified atom stereocenters. The fourth-order valence-electron chi connectivity index (χ4n) is 2.60. The molecular weight excluding hydrogens is 300 g/mol. The number of rotatable bonds is 5. The Morgan fingerprint density at radius 1 is 1.00 bits per heavy atom. The van der Waals surface area contributed by atoms with E-state index in [1.807, 2.05) is 34.6 Å². The summed E-state index contributed by atoms with van der Waals surface area (Å²) in [5.74, 6) is 0.660. The number of hydrogen-bond donors (Lipinski definition) is 2. The first kappa shape index (κ1) is 16.6. The van der Waals surface area contributed by atoms with Crippen molar-refractivity contribution < 1.29 is 8.42 Å². The van der Waals surface area contributed by atoms with Crippen molar-refractivity contribution >= 4 is 10.0 Å². The van der Waals surface area contributed by atoms with Gasteiger partial charge in [-0.2, -0.15) is 5.10 Å². The van der Waals surface area contributed by atoms with Crippen molar-refractivity contribution in [1.82, 2.24) is 19.9 Å². The van der Waals surface area contributed by atoms with E-state index < -0.39 is 10.0 Å². The molecule has 22 heavy (non-hydrogen) atoms. The molecule has 120 valence electrons. The summed E-state index contributed by atoms with van der Waals surface area (Å²) in [4.78, 5) is 4.38. The standard InChI is InChI=1S/C15H22N4O2S/c1-9-10(2)12(4)15(13(5)11(9)3)22(20,21)18-7-6-14-16-8-17-19-14/h8,18H,6-7H2,1-5H3,(H,16,17,19).